The molecule has 19 heavy (non-hydrogen) atoms. The molecule has 7 heteroatoms. The first-order chi connectivity index (χ1) is 8.84. The van der Waals surface area contributed by atoms with E-state index in [4.69, 9.17) is 5.11 Å². The Hall–Kier alpha value is -1.47. The minimum Gasteiger partial charge on any atom is -0.464 e. The van der Waals surface area contributed by atoms with Crippen LogP contribution in [-0.4, -0.2) is 45.2 Å². The second-order valence-corrected chi connectivity index (χ2v) is 5.97. The number of rotatable bonds is 5. The van der Waals surface area contributed by atoms with E-state index in [9.17, 15) is 13.8 Å². The van der Waals surface area contributed by atoms with E-state index in [-0.39, 0.29) is 22.9 Å². The summed E-state index contributed by atoms with van der Waals surface area (Å²) < 4.78 is 16.7. The summed E-state index contributed by atoms with van der Waals surface area (Å²) in [5.41, 5.74) is 0.694. The molecule has 1 N–H and O–H groups in total. The smallest absolute Gasteiger partial charge is 0.354 e. The van der Waals surface area contributed by atoms with Crippen molar-refractivity contribution in [2.24, 2.45) is 0 Å². The normalized spacial score (nSPS) is 19.5. The minimum absolute atomic E-state index is 0.0550. The molecule has 6 nitrogen and oxygen atoms in total. The number of amides is 1. The highest BCUT2D eigenvalue weighted by Gasteiger charge is 2.45. The number of aliphatic hydroxyl groups is 1. The molecule has 0 radical (unpaired) electrons. The van der Waals surface area contributed by atoms with Crippen LogP contribution < -0.4 is 0 Å². The number of likely N-dealkylation sites (tertiary alicyclic amines) is 1. The predicted molar refractivity (Wildman–Crippen MR) is 70.0 cm³/mol. The quantitative estimate of drug-likeness (QED) is 0.445. The van der Waals surface area contributed by atoms with E-state index in [1.54, 1.807) is 13.8 Å². The molecule has 0 aromatic rings. The average molecular weight is 287 g/mol. The van der Waals surface area contributed by atoms with Gasteiger partial charge in [0.05, 0.1) is 30.9 Å². The first kappa shape index (κ1) is 15.6. The van der Waals surface area contributed by atoms with Gasteiger partial charge in [0.25, 0.3) is 0 Å². The molecule has 0 aromatic heterocycles. The van der Waals surface area contributed by atoms with Gasteiger partial charge in [0.15, 0.2) is 0 Å². The Labute approximate surface area is 114 Å². The molecule has 2 atom stereocenters. The van der Waals surface area contributed by atoms with Gasteiger partial charge in [-0.3, -0.25) is 13.9 Å². The van der Waals surface area contributed by atoms with E-state index in [1.807, 2.05) is 0 Å². The molecule has 0 saturated carbocycles. The van der Waals surface area contributed by atoms with Crippen LogP contribution in [0.1, 0.15) is 20.3 Å². The third-order valence-corrected chi connectivity index (χ3v) is 4.28. The number of carbonyl (C=O) groups excluding carboxylic acids is 2. The van der Waals surface area contributed by atoms with Crippen molar-refractivity contribution in [3.8, 4) is 0 Å². The van der Waals surface area contributed by atoms with Gasteiger partial charge >= 0.3 is 5.97 Å². The first-order valence-electron chi connectivity index (χ1n) is 5.62. The van der Waals surface area contributed by atoms with E-state index in [2.05, 4.69) is 11.3 Å². The molecule has 0 aromatic carbocycles. The Morgan fingerprint density at radius 1 is 1.58 bits per heavy atom. The van der Waals surface area contributed by atoms with Gasteiger partial charge in [-0.2, -0.15) is 0 Å². The molecule has 1 aliphatic rings. The average Bonchev–Trinajstić information content (AvgIpc) is 2.38. The third-order valence-electron chi connectivity index (χ3n) is 2.71. The number of aliphatic hydroxyl groups excluding tert-OH is 1. The number of hydrogen-bond donors (Lipinski definition) is 1. The highest BCUT2D eigenvalue weighted by Crippen LogP contribution is 2.31. The first-order valence-corrected chi connectivity index (χ1v) is 6.83. The lowest BCUT2D eigenvalue weighted by Crippen LogP contribution is -2.55. The van der Waals surface area contributed by atoms with Gasteiger partial charge in [0.2, 0.25) is 5.91 Å². The van der Waals surface area contributed by atoms with E-state index in [1.165, 1.54) is 7.11 Å². The Balaban J connectivity index is 3.06. The van der Waals surface area contributed by atoms with Crippen LogP contribution in [0, 0.1) is 0 Å². The van der Waals surface area contributed by atoms with E-state index in [0.717, 1.165) is 4.90 Å². The number of nitrogens with zero attached hydrogens (tertiary/aromatic N) is 1. The number of β-lactam (4-membered cyclic amide) rings is 1. The lowest BCUT2D eigenvalue weighted by Gasteiger charge is -2.40. The molecular weight excluding hydrogens is 270 g/mol. The predicted octanol–water partition coefficient (Wildman–Crippen LogP) is 0.266. The molecule has 1 amide bonds. The Kier molecular flexibility index (Phi) is 5.02. The van der Waals surface area contributed by atoms with Gasteiger partial charge in [-0.1, -0.05) is 6.58 Å². The fourth-order valence-electron chi connectivity index (χ4n) is 1.72. The molecular formula is C12H17NO5S. The van der Waals surface area contributed by atoms with Crippen LogP contribution in [0.5, 0.6) is 0 Å². The standard InChI is InChI=1S/C12H17NO5S/c1-7(2)11(12(16)18-4)13-9(15)5-10(13)19(17)8(3)6-14/h10,14H,3,5-6H2,1-2,4H3/t10-,19?/m1/s1. The summed E-state index contributed by atoms with van der Waals surface area (Å²) in [5, 5.41) is 8.26. The molecule has 0 spiro atoms. The van der Waals surface area contributed by atoms with Crippen molar-refractivity contribution < 1.29 is 23.6 Å². The number of carbonyl (C=O) groups is 2. The molecule has 0 aliphatic carbocycles. The van der Waals surface area contributed by atoms with Gasteiger partial charge < -0.3 is 9.84 Å². The summed E-state index contributed by atoms with van der Waals surface area (Å²) in [5.74, 6) is -0.949. The van der Waals surface area contributed by atoms with Crippen LogP contribution in [0.15, 0.2) is 22.8 Å². The summed E-state index contributed by atoms with van der Waals surface area (Å²) >= 11 is 0. The molecule has 1 unspecified atom stereocenters. The Morgan fingerprint density at radius 3 is 2.53 bits per heavy atom. The van der Waals surface area contributed by atoms with Crippen molar-refractivity contribution in [2.45, 2.75) is 25.6 Å². The SMILES string of the molecule is C=C(CO)S(=O)[C@@H]1CC(=O)N1C(C(=O)OC)=C(C)C. The van der Waals surface area contributed by atoms with Crippen molar-refractivity contribution in [1.82, 2.24) is 4.90 Å². The summed E-state index contributed by atoms with van der Waals surface area (Å²) in [6.45, 7) is 6.39. The summed E-state index contributed by atoms with van der Waals surface area (Å²) in [7, 11) is -0.394. The summed E-state index contributed by atoms with van der Waals surface area (Å²) in [6.07, 6.45) is 0.0550. The molecule has 1 aliphatic heterocycles. The molecule has 1 fully saturated rings. The van der Waals surface area contributed by atoms with Crippen LogP contribution in [0.3, 0.4) is 0 Å². The van der Waals surface area contributed by atoms with E-state index >= 15 is 0 Å². The number of allylic oxidation sites excluding steroid dienone is 1. The second kappa shape index (κ2) is 6.12. The van der Waals surface area contributed by atoms with Crippen molar-refractivity contribution in [1.29, 1.82) is 0 Å². The second-order valence-electron chi connectivity index (χ2n) is 4.26. The number of hydrogen-bond acceptors (Lipinski definition) is 5. The molecule has 0 bridgehead atoms. The van der Waals surface area contributed by atoms with E-state index in [0.29, 0.717) is 5.57 Å². The number of esters is 1. The fourth-order valence-corrected chi connectivity index (χ4v) is 2.94. The number of ether oxygens (including phenoxy) is 1. The van der Waals surface area contributed by atoms with Gasteiger partial charge in [-0.25, -0.2) is 4.79 Å². The lowest BCUT2D eigenvalue weighted by molar-refractivity contribution is -0.147. The van der Waals surface area contributed by atoms with Crippen molar-refractivity contribution in [3.63, 3.8) is 0 Å². The Morgan fingerprint density at radius 2 is 2.16 bits per heavy atom. The maximum atomic E-state index is 12.0. The molecule has 1 rings (SSSR count). The van der Waals surface area contributed by atoms with E-state index < -0.39 is 28.7 Å². The van der Waals surface area contributed by atoms with Crippen LogP contribution in [0.2, 0.25) is 0 Å². The van der Waals surface area contributed by atoms with Gasteiger partial charge in [-0.05, 0) is 19.4 Å². The molecule has 1 saturated heterocycles. The summed E-state index contributed by atoms with van der Waals surface area (Å²) in [6, 6.07) is 0. The Bertz CT molecular complexity index is 479. The zero-order valence-electron chi connectivity index (χ0n) is 11.1. The molecule has 1 heterocycles. The zero-order valence-corrected chi connectivity index (χ0v) is 12.0. The van der Waals surface area contributed by atoms with Crippen LogP contribution in [0.4, 0.5) is 0 Å². The minimum atomic E-state index is -1.61. The lowest BCUT2D eigenvalue weighted by atomic mass is 10.1. The van der Waals surface area contributed by atoms with Crippen LogP contribution in [0.25, 0.3) is 0 Å². The monoisotopic (exact) mass is 287 g/mol. The van der Waals surface area contributed by atoms with Gasteiger partial charge in [-0.15, -0.1) is 0 Å². The van der Waals surface area contributed by atoms with Crippen molar-refractivity contribution in [3.05, 3.63) is 22.8 Å². The zero-order chi connectivity index (χ0) is 14.7. The van der Waals surface area contributed by atoms with Crippen molar-refractivity contribution >= 4 is 22.7 Å². The van der Waals surface area contributed by atoms with Crippen LogP contribution >= 0.6 is 0 Å². The largest absolute Gasteiger partial charge is 0.464 e. The maximum absolute atomic E-state index is 12.0. The topological polar surface area (TPSA) is 83.9 Å². The highest BCUT2D eigenvalue weighted by molar-refractivity contribution is 7.89. The third kappa shape index (κ3) is 2.93. The van der Waals surface area contributed by atoms with Crippen LogP contribution in [-0.2, 0) is 25.1 Å². The highest BCUT2D eigenvalue weighted by atomic mass is 32.2. The molecule has 106 valence electrons. The maximum Gasteiger partial charge on any atom is 0.354 e. The van der Waals surface area contributed by atoms with Crippen molar-refractivity contribution in [2.75, 3.05) is 13.7 Å². The summed E-state index contributed by atoms with van der Waals surface area (Å²) in [4.78, 5) is 24.7. The van der Waals surface area contributed by atoms with Gasteiger partial charge in [0, 0.05) is 4.91 Å². The number of methoxy groups -OCH3 is 1. The fraction of sp³-hybridized carbons (Fsp3) is 0.500. The van der Waals surface area contributed by atoms with Gasteiger partial charge in [0.1, 0.15) is 11.1 Å².